The molecule has 2 fully saturated rings. The van der Waals surface area contributed by atoms with Crippen LogP contribution < -0.4 is 5.32 Å². The first-order chi connectivity index (χ1) is 18.3. The molecule has 2 atom stereocenters. The molecule has 2 aromatic rings. The molecular weight excluding hydrogens is 581 g/mol. The maximum Gasteiger partial charge on any atom is 0.492 e. The second-order valence-electron chi connectivity index (χ2n) is 8.62. The van der Waals surface area contributed by atoms with Crippen LogP contribution in [0.1, 0.15) is 17.5 Å². The fourth-order valence-corrected chi connectivity index (χ4v) is 6.49. The van der Waals surface area contributed by atoms with Crippen molar-refractivity contribution in [2.24, 2.45) is 0 Å². The number of alkyl halides is 4. The van der Waals surface area contributed by atoms with Crippen LogP contribution in [-0.2, 0) is 32.7 Å². The molecule has 0 amide bonds. The summed E-state index contributed by atoms with van der Waals surface area (Å²) < 4.78 is 125. The Morgan fingerprint density at radius 1 is 1.10 bits per heavy atom. The van der Waals surface area contributed by atoms with Gasteiger partial charge in [0.05, 0.1) is 10.6 Å². The summed E-state index contributed by atoms with van der Waals surface area (Å²) >= 11 is 0.124. The minimum absolute atomic E-state index is 0.0669. The lowest BCUT2D eigenvalue weighted by atomic mass is 10.0. The van der Waals surface area contributed by atoms with Gasteiger partial charge < -0.3 is 4.84 Å². The van der Waals surface area contributed by atoms with E-state index in [1.54, 1.807) is 4.90 Å². The number of hydrogen-bond donors (Lipinski definition) is 1. The lowest BCUT2D eigenvalue weighted by Gasteiger charge is -2.40. The standard InChI is InChI=1S/C22H21F7N4O4S2/c23-17-7-8-18(24)16(12-31-9-4-10-31)15(17)11-30-21(13-38-20(25)32(21)29)33(37-19(34)22(26,27)28)39(35,36)14-5-2-1-3-6-14/h1-3,5-8,20,30H,4,9-13H2. The number of carbonyl (C=O) groups is 1. The van der Waals surface area contributed by atoms with Crippen molar-refractivity contribution in [3.05, 3.63) is 65.2 Å². The van der Waals surface area contributed by atoms with Crippen molar-refractivity contribution in [2.75, 3.05) is 18.8 Å². The Labute approximate surface area is 222 Å². The summed E-state index contributed by atoms with van der Waals surface area (Å²) in [6.45, 7) is 0.219. The van der Waals surface area contributed by atoms with E-state index in [-0.39, 0.29) is 23.9 Å². The Bertz CT molecular complexity index is 1320. The fourth-order valence-electron chi connectivity index (χ4n) is 3.93. The van der Waals surface area contributed by atoms with Crippen LogP contribution in [0.3, 0.4) is 0 Å². The third-order valence-corrected chi connectivity index (χ3v) is 8.82. The summed E-state index contributed by atoms with van der Waals surface area (Å²) in [6.07, 6.45) is -4.91. The lowest BCUT2D eigenvalue weighted by molar-refractivity contribution is -0.276. The molecule has 0 aliphatic carbocycles. The minimum Gasteiger partial charge on any atom is -0.342 e. The predicted molar refractivity (Wildman–Crippen MR) is 124 cm³/mol. The van der Waals surface area contributed by atoms with Crippen molar-refractivity contribution >= 4 is 27.8 Å². The molecule has 8 nitrogen and oxygen atoms in total. The van der Waals surface area contributed by atoms with Gasteiger partial charge in [0.2, 0.25) is 11.4 Å². The fraction of sp³-hybridized carbons (Fsp3) is 0.409. The molecule has 1 N–H and O–H groups in total. The van der Waals surface area contributed by atoms with Crippen molar-refractivity contribution in [3.63, 3.8) is 0 Å². The molecule has 2 aliphatic heterocycles. The number of nitrogens with zero attached hydrogens (tertiary/aromatic N) is 3. The number of benzene rings is 2. The van der Waals surface area contributed by atoms with E-state index >= 15 is 4.48 Å². The van der Waals surface area contributed by atoms with Gasteiger partial charge in [-0.25, -0.2) is 26.4 Å². The van der Waals surface area contributed by atoms with Gasteiger partial charge in [0.15, 0.2) is 0 Å². The van der Waals surface area contributed by atoms with Crippen LogP contribution in [0.2, 0.25) is 0 Å². The summed E-state index contributed by atoms with van der Waals surface area (Å²) in [7, 11) is -5.31. The predicted octanol–water partition coefficient (Wildman–Crippen LogP) is 3.81. The third kappa shape index (κ3) is 5.88. The Balaban J connectivity index is 1.79. The van der Waals surface area contributed by atoms with Crippen molar-refractivity contribution < 1.29 is 48.9 Å². The van der Waals surface area contributed by atoms with Gasteiger partial charge in [0.1, 0.15) is 11.6 Å². The number of carbonyl (C=O) groups excluding carboxylic acids is 1. The van der Waals surface area contributed by atoms with Crippen LogP contribution in [0, 0.1) is 11.6 Å². The zero-order valence-corrected chi connectivity index (χ0v) is 21.4. The summed E-state index contributed by atoms with van der Waals surface area (Å²) in [6, 6.07) is 7.21. The number of hydroxylamine groups is 1. The van der Waals surface area contributed by atoms with E-state index in [9.17, 15) is 39.6 Å². The van der Waals surface area contributed by atoms with Crippen LogP contribution in [-0.4, -0.2) is 65.3 Å². The zero-order valence-electron chi connectivity index (χ0n) is 19.8. The van der Waals surface area contributed by atoms with E-state index in [4.69, 9.17) is 0 Å². The second-order valence-corrected chi connectivity index (χ2v) is 11.4. The number of hydrogen-bond acceptors (Lipinski definition) is 8. The first kappa shape index (κ1) is 29.5. The summed E-state index contributed by atoms with van der Waals surface area (Å²) in [4.78, 5) is 17.0. The van der Waals surface area contributed by atoms with Gasteiger partial charge in [-0.1, -0.05) is 23.3 Å². The zero-order chi connectivity index (χ0) is 28.6. The number of nitrogens with one attached hydrogen (secondary N) is 1. The number of halogens is 7. The Hall–Kier alpha value is -2.44. The molecule has 2 aliphatic rings. The first-order valence-corrected chi connectivity index (χ1v) is 13.8. The van der Waals surface area contributed by atoms with Gasteiger partial charge in [-0.2, -0.15) is 13.2 Å². The summed E-state index contributed by atoms with van der Waals surface area (Å²) in [5, 5.41) is 1.41. The highest BCUT2D eigenvalue weighted by Gasteiger charge is 2.61. The number of rotatable bonds is 9. The van der Waals surface area contributed by atoms with Crippen molar-refractivity contribution in [1.29, 1.82) is 0 Å². The molecule has 17 heteroatoms. The van der Waals surface area contributed by atoms with Crippen LogP contribution in [0.15, 0.2) is 47.4 Å². The highest BCUT2D eigenvalue weighted by Crippen LogP contribution is 2.42. The number of thioether (sulfide) groups is 1. The Morgan fingerprint density at radius 2 is 1.72 bits per heavy atom. The van der Waals surface area contributed by atoms with Gasteiger partial charge in [0.25, 0.3) is 10.0 Å². The average Bonchev–Trinajstić information content (AvgIpc) is 3.14. The molecular formula is C22H21F7N4O4S2. The number of likely N-dealkylation sites (tertiary alicyclic amines) is 1. The van der Waals surface area contributed by atoms with Crippen molar-refractivity contribution in [2.45, 2.75) is 42.0 Å². The molecule has 0 bridgehead atoms. The summed E-state index contributed by atoms with van der Waals surface area (Å²) in [5.41, 5.74) is -3.20. The molecule has 2 unspecified atom stereocenters. The second kappa shape index (κ2) is 11.2. The molecule has 214 valence electrons. The van der Waals surface area contributed by atoms with E-state index in [0.29, 0.717) is 13.1 Å². The lowest BCUT2D eigenvalue weighted by Crippen LogP contribution is -2.68. The number of sulfonamides is 1. The monoisotopic (exact) mass is 602 g/mol. The Kier molecular flexibility index (Phi) is 8.49. The van der Waals surface area contributed by atoms with E-state index in [1.165, 1.54) is 18.2 Å². The topological polar surface area (TPSA) is 82.2 Å². The normalized spacial score (nSPS) is 22.7. The molecule has 2 saturated heterocycles. The highest BCUT2D eigenvalue weighted by atomic mass is 32.2. The molecule has 2 heterocycles. The highest BCUT2D eigenvalue weighted by molar-refractivity contribution is 8.00. The molecule has 0 aromatic heterocycles. The van der Waals surface area contributed by atoms with Gasteiger partial charge in [-0.05, 0) is 43.8 Å². The van der Waals surface area contributed by atoms with Crippen molar-refractivity contribution in [3.8, 4) is 0 Å². The third-order valence-electron chi connectivity index (χ3n) is 6.11. The molecule has 2 aromatic carbocycles. The Morgan fingerprint density at radius 3 is 2.23 bits per heavy atom. The van der Waals surface area contributed by atoms with E-state index in [2.05, 4.69) is 10.2 Å². The van der Waals surface area contributed by atoms with Crippen LogP contribution >= 0.6 is 11.8 Å². The van der Waals surface area contributed by atoms with Crippen molar-refractivity contribution in [1.82, 2.24) is 19.8 Å². The molecule has 0 radical (unpaired) electrons. The SMILES string of the molecule is O=C(ON(C1(NCc2c(F)ccc(F)c2CN2CCC2)CSC(F)N1F)S(=O)(=O)c1ccccc1)C(F)(F)F. The van der Waals surface area contributed by atoms with E-state index in [1.807, 2.05) is 0 Å². The first-order valence-electron chi connectivity index (χ1n) is 11.3. The molecule has 0 spiro atoms. The minimum atomic E-state index is -5.73. The van der Waals surface area contributed by atoms with Gasteiger partial charge >= 0.3 is 12.1 Å². The molecule has 39 heavy (non-hydrogen) atoms. The van der Waals surface area contributed by atoms with Crippen LogP contribution in [0.25, 0.3) is 0 Å². The maximum atomic E-state index is 15.4. The van der Waals surface area contributed by atoms with Gasteiger partial charge in [-0.3, -0.25) is 10.2 Å². The van der Waals surface area contributed by atoms with E-state index < -0.39 is 77.6 Å². The van der Waals surface area contributed by atoms with Gasteiger partial charge in [-0.15, -0.1) is 16.2 Å². The summed E-state index contributed by atoms with van der Waals surface area (Å²) in [5.74, 6) is -8.97. The smallest absolute Gasteiger partial charge is 0.342 e. The maximum absolute atomic E-state index is 15.4. The quantitative estimate of drug-likeness (QED) is 0.153. The molecule has 4 rings (SSSR count). The van der Waals surface area contributed by atoms with Gasteiger partial charge in [0, 0.05) is 28.7 Å². The van der Waals surface area contributed by atoms with Crippen LogP contribution in [0.5, 0.6) is 0 Å². The average molecular weight is 603 g/mol. The largest absolute Gasteiger partial charge is 0.492 e. The van der Waals surface area contributed by atoms with Crippen LogP contribution in [0.4, 0.5) is 30.8 Å². The van der Waals surface area contributed by atoms with E-state index in [0.717, 1.165) is 30.7 Å². The molecule has 0 saturated carbocycles.